The van der Waals surface area contributed by atoms with Gasteiger partial charge in [0.25, 0.3) is 0 Å². The molecule has 2 aromatic rings. The van der Waals surface area contributed by atoms with E-state index in [4.69, 9.17) is 0 Å². The van der Waals surface area contributed by atoms with Gasteiger partial charge in [-0.2, -0.15) is 0 Å². The van der Waals surface area contributed by atoms with Gasteiger partial charge in [0.15, 0.2) is 0 Å². The first kappa shape index (κ1) is 18.0. The molecule has 0 aliphatic carbocycles. The second-order valence-corrected chi connectivity index (χ2v) is 7.42. The molecular formula is C16H22N4O3S. The van der Waals surface area contributed by atoms with E-state index in [1.54, 1.807) is 24.4 Å². The van der Waals surface area contributed by atoms with E-state index in [1.165, 1.54) is 0 Å². The minimum atomic E-state index is -3.56. The Hall–Kier alpha value is -2.35. The summed E-state index contributed by atoms with van der Waals surface area (Å²) in [6, 6.07) is 7.04. The first-order valence-corrected chi connectivity index (χ1v) is 9.47. The van der Waals surface area contributed by atoms with Gasteiger partial charge >= 0.3 is 0 Å². The van der Waals surface area contributed by atoms with Gasteiger partial charge in [0.05, 0.1) is 18.5 Å². The Morgan fingerprint density at radius 3 is 2.75 bits per heavy atom. The first-order valence-electron chi connectivity index (χ1n) is 7.62. The normalized spacial score (nSPS) is 11.3. The second kappa shape index (κ2) is 7.48. The van der Waals surface area contributed by atoms with Gasteiger partial charge in [0, 0.05) is 18.9 Å². The molecule has 0 aliphatic heterocycles. The van der Waals surface area contributed by atoms with Crippen LogP contribution in [-0.2, 0) is 27.9 Å². The summed E-state index contributed by atoms with van der Waals surface area (Å²) < 4.78 is 27.1. The summed E-state index contributed by atoms with van der Waals surface area (Å²) >= 11 is 0. The number of carbonyl (C=O) groups is 1. The lowest BCUT2D eigenvalue weighted by Gasteiger charge is -2.22. The number of rotatable bonds is 7. The van der Waals surface area contributed by atoms with Crippen LogP contribution in [0, 0.1) is 6.92 Å². The molecule has 0 saturated carbocycles. The molecular weight excluding hydrogens is 328 g/mol. The third-order valence-corrected chi connectivity index (χ3v) is 4.70. The third-order valence-electron chi connectivity index (χ3n) is 3.56. The molecule has 1 aromatic heterocycles. The molecule has 0 atom stereocenters. The molecule has 8 heteroatoms. The molecule has 1 aromatic carbocycles. The van der Waals surface area contributed by atoms with E-state index < -0.39 is 10.0 Å². The topological polar surface area (TPSA) is 84.3 Å². The summed E-state index contributed by atoms with van der Waals surface area (Å²) in [6.07, 6.45) is 4.59. The van der Waals surface area contributed by atoms with E-state index in [1.807, 2.05) is 30.7 Å². The Balaban J connectivity index is 2.08. The van der Waals surface area contributed by atoms with Crippen LogP contribution in [0.3, 0.4) is 0 Å². The van der Waals surface area contributed by atoms with E-state index in [0.717, 1.165) is 28.5 Å². The van der Waals surface area contributed by atoms with Gasteiger partial charge in [-0.05, 0) is 31.5 Å². The van der Waals surface area contributed by atoms with Crippen molar-refractivity contribution in [2.45, 2.75) is 26.9 Å². The van der Waals surface area contributed by atoms with E-state index in [-0.39, 0.29) is 19.0 Å². The molecule has 2 rings (SSSR count). The van der Waals surface area contributed by atoms with Crippen LogP contribution in [-0.4, -0.2) is 36.7 Å². The number of nitrogens with zero attached hydrogens (tertiary/aromatic N) is 3. The lowest BCUT2D eigenvalue weighted by atomic mass is 10.2. The highest BCUT2D eigenvalue weighted by atomic mass is 32.2. The van der Waals surface area contributed by atoms with Crippen molar-refractivity contribution < 1.29 is 13.2 Å². The molecule has 130 valence electrons. The van der Waals surface area contributed by atoms with Crippen molar-refractivity contribution in [3.05, 3.63) is 48.0 Å². The Bertz CT molecular complexity index is 814. The molecule has 0 aliphatic rings. The van der Waals surface area contributed by atoms with E-state index in [0.29, 0.717) is 5.69 Å². The number of aryl methyl sites for hydroxylation is 2. The van der Waals surface area contributed by atoms with Crippen molar-refractivity contribution in [3.63, 3.8) is 0 Å². The molecule has 1 N–H and O–H groups in total. The Morgan fingerprint density at radius 1 is 1.38 bits per heavy atom. The lowest BCUT2D eigenvalue weighted by Crippen LogP contribution is -2.40. The number of amides is 1. The maximum Gasteiger partial charge on any atom is 0.241 e. The minimum absolute atomic E-state index is 0.255. The van der Waals surface area contributed by atoms with E-state index in [9.17, 15) is 13.2 Å². The van der Waals surface area contributed by atoms with Crippen LogP contribution in [0.1, 0.15) is 18.3 Å². The zero-order valence-corrected chi connectivity index (χ0v) is 14.9. The van der Waals surface area contributed by atoms with Gasteiger partial charge < -0.3 is 9.88 Å². The molecule has 0 bridgehead atoms. The zero-order chi connectivity index (χ0) is 17.7. The van der Waals surface area contributed by atoms with Crippen LogP contribution < -0.4 is 9.62 Å². The first-order chi connectivity index (χ1) is 11.3. The second-order valence-electron chi connectivity index (χ2n) is 5.51. The molecule has 1 amide bonds. The molecule has 0 saturated heterocycles. The summed E-state index contributed by atoms with van der Waals surface area (Å²) in [4.78, 5) is 16.4. The van der Waals surface area contributed by atoms with Gasteiger partial charge in [0.1, 0.15) is 12.4 Å². The largest absolute Gasteiger partial charge is 0.347 e. The summed E-state index contributed by atoms with van der Waals surface area (Å²) in [5.74, 6) is 0.347. The number of hydrogen-bond donors (Lipinski definition) is 1. The summed E-state index contributed by atoms with van der Waals surface area (Å²) in [6.45, 7) is 4.59. The fraction of sp³-hybridized carbons (Fsp3) is 0.375. The smallest absolute Gasteiger partial charge is 0.241 e. The summed E-state index contributed by atoms with van der Waals surface area (Å²) in [5.41, 5.74) is 1.40. The van der Waals surface area contributed by atoms with Gasteiger partial charge in [-0.15, -0.1) is 0 Å². The average Bonchev–Trinajstić information content (AvgIpc) is 2.97. The van der Waals surface area contributed by atoms with Crippen molar-refractivity contribution in [3.8, 4) is 0 Å². The molecule has 24 heavy (non-hydrogen) atoms. The maximum absolute atomic E-state index is 12.2. The monoisotopic (exact) mass is 350 g/mol. The molecule has 1 heterocycles. The molecule has 0 spiro atoms. The van der Waals surface area contributed by atoms with Crippen molar-refractivity contribution in [2.75, 3.05) is 17.1 Å². The van der Waals surface area contributed by atoms with Gasteiger partial charge in [0.2, 0.25) is 15.9 Å². The molecule has 0 fully saturated rings. The molecule has 0 unspecified atom stereocenters. The number of sulfonamides is 1. The Labute approximate surface area is 142 Å². The summed E-state index contributed by atoms with van der Waals surface area (Å²) in [7, 11) is -3.56. The quantitative estimate of drug-likeness (QED) is 0.816. The fourth-order valence-corrected chi connectivity index (χ4v) is 3.19. The average molecular weight is 350 g/mol. The predicted molar refractivity (Wildman–Crippen MR) is 93.1 cm³/mol. The van der Waals surface area contributed by atoms with Gasteiger partial charge in [-0.25, -0.2) is 13.4 Å². The van der Waals surface area contributed by atoms with Crippen molar-refractivity contribution in [2.24, 2.45) is 0 Å². The number of benzene rings is 1. The number of aromatic nitrogens is 2. The number of hydrogen-bond acceptors (Lipinski definition) is 4. The molecule has 7 nitrogen and oxygen atoms in total. The van der Waals surface area contributed by atoms with Crippen molar-refractivity contribution >= 4 is 21.6 Å². The van der Waals surface area contributed by atoms with Gasteiger partial charge in [-0.1, -0.05) is 12.1 Å². The highest BCUT2D eigenvalue weighted by molar-refractivity contribution is 7.92. The Morgan fingerprint density at radius 2 is 2.12 bits per heavy atom. The number of nitrogens with one attached hydrogen (secondary N) is 1. The van der Waals surface area contributed by atoms with Crippen LogP contribution in [0.4, 0.5) is 5.69 Å². The standard InChI is InChI=1S/C16H22N4O3S/c1-4-19-9-8-17-15(19)11-18-16(21)12-20(24(3,22)23)14-7-5-6-13(2)10-14/h5-10H,4,11-12H2,1-3H3,(H,18,21). The van der Waals surface area contributed by atoms with E-state index >= 15 is 0 Å². The van der Waals surface area contributed by atoms with Crippen LogP contribution in [0.5, 0.6) is 0 Å². The van der Waals surface area contributed by atoms with Crippen LogP contribution >= 0.6 is 0 Å². The van der Waals surface area contributed by atoms with Gasteiger partial charge in [-0.3, -0.25) is 9.10 Å². The maximum atomic E-state index is 12.2. The lowest BCUT2D eigenvalue weighted by molar-refractivity contribution is -0.119. The SMILES string of the molecule is CCn1ccnc1CNC(=O)CN(c1cccc(C)c1)S(C)(=O)=O. The summed E-state index contributed by atoms with van der Waals surface area (Å²) in [5, 5.41) is 2.72. The van der Waals surface area contributed by atoms with Crippen molar-refractivity contribution in [1.82, 2.24) is 14.9 Å². The number of carbonyl (C=O) groups excluding carboxylic acids is 1. The van der Waals surface area contributed by atoms with Crippen LogP contribution in [0.25, 0.3) is 0 Å². The number of imidazole rings is 1. The minimum Gasteiger partial charge on any atom is -0.347 e. The van der Waals surface area contributed by atoms with Crippen LogP contribution in [0.2, 0.25) is 0 Å². The van der Waals surface area contributed by atoms with Crippen LogP contribution in [0.15, 0.2) is 36.7 Å². The molecule has 0 radical (unpaired) electrons. The zero-order valence-electron chi connectivity index (χ0n) is 14.1. The van der Waals surface area contributed by atoms with Crippen molar-refractivity contribution in [1.29, 1.82) is 0 Å². The fourth-order valence-electron chi connectivity index (χ4n) is 2.34. The highest BCUT2D eigenvalue weighted by Crippen LogP contribution is 2.18. The number of anilines is 1. The Kier molecular flexibility index (Phi) is 5.61. The predicted octanol–water partition coefficient (Wildman–Crippen LogP) is 1.29. The highest BCUT2D eigenvalue weighted by Gasteiger charge is 2.21. The third kappa shape index (κ3) is 4.58. The van der Waals surface area contributed by atoms with E-state index in [2.05, 4.69) is 10.3 Å².